The van der Waals surface area contributed by atoms with Gasteiger partial charge in [-0.25, -0.2) is 0 Å². The Balaban J connectivity index is 1.50. The Kier molecular flexibility index (Phi) is 4.22. The van der Waals surface area contributed by atoms with E-state index in [1.165, 1.54) is 0 Å². The van der Waals surface area contributed by atoms with Crippen LogP contribution in [-0.4, -0.2) is 35.6 Å². The molecule has 29 heavy (non-hydrogen) atoms. The Labute approximate surface area is 167 Å². The minimum Gasteiger partial charge on any atom is -0.392 e. The molecule has 0 saturated carbocycles. The maximum atomic E-state index is 12.6. The third-order valence-electron chi connectivity index (χ3n) is 5.52. The predicted octanol–water partition coefficient (Wildman–Crippen LogP) is 1.10. The van der Waals surface area contributed by atoms with Crippen LogP contribution in [0.3, 0.4) is 0 Å². The Bertz CT molecular complexity index is 1020. The molecule has 0 bridgehead atoms. The van der Waals surface area contributed by atoms with Crippen molar-refractivity contribution in [2.75, 3.05) is 17.2 Å². The van der Waals surface area contributed by atoms with Gasteiger partial charge in [0.1, 0.15) is 0 Å². The normalized spacial score (nSPS) is 24.5. The van der Waals surface area contributed by atoms with Gasteiger partial charge in [0, 0.05) is 35.3 Å². The Morgan fingerprint density at radius 1 is 1.17 bits per heavy atom. The highest BCUT2D eigenvalue weighted by Gasteiger charge is 2.34. The number of hydrogen-bond donors (Lipinski definition) is 6. The van der Waals surface area contributed by atoms with E-state index in [0.717, 1.165) is 22.4 Å². The van der Waals surface area contributed by atoms with E-state index in [0.29, 0.717) is 24.2 Å². The van der Waals surface area contributed by atoms with Gasteiger partial charge in [-0.1, -0.05) is 30.3 Å². The van der Waals surface area contributed by atoms with Gasteiger partial charge >= 0.3 is 0 Å². The van der Waals surface area contributed by atoms with Gasteiger partial charge in [0.25, 0.3) is 5.91 Å². The molecule has 0 aromatic heterocycles. The van der Waals surface area contributed by atoms with Crippen LogP contribution < -0.4 is 26.8 Å². The van der Waals surface area contributed by atoms with Crippen molar-refractivity contribution in [1.29, 1.82) is 0 Å². The number of hydrogen-bond acceptors (Lipinski definition) is 6. The fourth-order valence-electron chi connectivity index (χ4n) is 4.15. The molecule has 3 aliphatic rings. The first-order valence-corrected chi connectivity index (χ1v) is 9.58. The van der Waals surface area contributed by atoms with Crippen molar-refractivity contribution in [3.05, 3.63) is 65.4 Å². The second-order valence-corrected chi connectivity index (χ2v) is 7.47. The second-order valence-electron chi connectivity index (χ2n) is 7.47. The van der Waals surface area contributed by atoms with E-state index in [9.17, 15) is 14.7 Å². The van der Waals surface area contributed by atoms with E-state index in [1.807, 2.05) is 36.4 Å². The van der Waals surface area contributed by atoms with Crippen LogP contribution in [0.4, 0.5) is 11.4 Å². The lowest BCUT2D eigenvalue weighted by Gasteiger charge is -2.15. The molecule has 6 N–H and O–H groups in total. The first kappa shape index (κ1) is 17.7. The van der Waals surface area contributed by atoms with Gasteiger partial charge in [-0.05, 0) is 24.1 Å². The number of anilines is 2. The Morgan fingerprint density at radius 2 is 2.00 bits per heavy atom. The number of hydrazine groups is 1. The molecule has 1 unspecified atom stereocenters. The van der Waals surface area contributed by atoms with E-state index < -0.39 is 12.1 Å². The first-order valence-electron chi connectivity index (χ1n) is 9.58. The van der Waals surface area contributed by atoms with Gasteiger partial charge in [-0.3, -0.25) is 15.0 Å². The highest BCUT2D eigenvalue weighted by molar-refractivity contribution is 6.07. The van der Waals surface area contributed by atoms with Crippen molar-refractivity contribution >= 4 is 28.8 Å². The van der Waals surface area contributed by atoms with Crippen LogP contribution in [0.25, 0.3) is 5.57 Å². The minimum absolute atomic E-state index is 0.109. The standard InChI is InChI=1S/C21H21N5O3/c27-13-8-17(22-9-13)21(29)24-12-6-14-18-15(10-23-26-20(14)28)19(25-16(18)7-12)11-4-2-1-3-5-11/h1-7,10,13,17,19,22-23,25,27H,8-9H2,(H,24,29)(H,26,28)/t13-,17+,19?/m1/s1. The first-order chi connectivity index (χ1) is 14.1. The fourth-order valence-corrected chi connectivity index (χ4v) is 4.15. The summed E-state index contributed by atoms with van der Waals surface area (Å²) in [5, 5.41) is 19.0. The lowest BCUT2D eigenvalue weighted by atomic mass is 9.94. The van der Waals surface area contributed by atoms with E-state index >= 15 is 0 Å². The lowest BCUT2D eigenvalue weighted by molar-refractivity contribution is -0.117. The molecule has 2 aromatic carbocycles. The van der Waals surface area contributed by atoms with E-state index in [4.69, 9.17) is 0 Å². The average molecular weight is 391 g/mol. The molecule has 0 spiro atoms. The van der Waals surface area contributed by atoms with Crippen molar-refractivity contribution in [2.24, 2.45) is 0 Å². The van der Waals surface area contributed by atoms with Crippen LogP contribution >= 0.6 is 0 Å². The number of aliphatic hydroxyl groups excluding tert-OH is 1. The molecule has 1 saturated heterocycles. The number of carbonyl (C=O) groups excluding carboxylic acids is 2. The van der Waals surface area contributed by atoms with E-state index in [2.05, 4.69) is 26.8 Å². The number of β-amino-alcohol motifs (C(OH)–C–C–N with tert-alkyl or cyclic N) is 1. The number of amides is 2. The Hall–Kier alpha value is -3.36. The highest BCUT2D eigenvalue weighted by Crippen LogP contribution is 2.46. The zero-order chi connectivity index (χ0) is 20.0. The summed E-state index contributed by atoms with van der Waals surface area (Å²) in [6, 6.07) is 13.0. The maximum Gasteiger partial charge on any atom is 0.270 e. The second kappa shape index (κ2) is 6.91. The van der Waals surface area contributed by atoms with Crippen molar-refractivity contribution in [1.82, 2.24) is 16.2 Å². The van der Waals surface area contributed by atoms with Gasteiger partial charge in [0.15, 0.2) is 0 Å². The molecule has 8 nitrogen and oxygen atoms in total. The number of carbonyl (C=O) groups is 2. The largest absolute Gasteiger partial charge is 0.392 e. The zero-order valence-electron chi connectivity index (χ0n) is 15.5. The van der Waals surface area contributed by atoms with Gasteiger partial charge in [0.05, 0.1) is 23.8 Å². The summed E-state index contributed by atoms with van der Waals surface area (Å²) in [5.74, 6) is -0.497. The summed E-state index contributed by atoms with van der Waals surface area (Å²) in [5.41, 5.74) is 10.2. The summed E-state index contributed by atoms with van der Waals surface area (Å²) < 4.78 is 0. The lowest BCUT2D eigenvalue weighted by Crippen LogP contribution is -2.35. The number of nitrogens with one attached hydrogen (secondary N) is 5. The van der Waals surface area contributed by atoms with Crippen LogP contribution in [0.15, 0.2) is 48.7 Å². The molecule has 3 heterocycles. The molecule has 2 amide bonds. The van der Waals surface area contributed by atoms with Crippen LogP contribution in [0, 0.1) is 0 Å². The third kappa shape index (κ3) is 3.12. The monoisotopic (exact) mass is 391 g/mol. The molecule has 0 aliphatic carbocycles. The summed E-state index contributed by atoms with van der Waals surface area (Å²) in [4.78, 5) is 25.2. The fraction of sp³-hybridized carbons (Fsp3) is 0.238. The smallest absolute Gasteiger partial charge is 0.270 e. The van der Waals surface area contributed by atoms with Crippen molar-refractivity contribution in [3.8, 4) is 0 Å². The van der Waals surface area contributed by atoms with E-state index in [1.54, 1.807) is 12.3 Å². The molecule has 5 rings (SSSR count). The highest BCUT2D eigenvalue weighted by atomic mass is 16.3. The molecule has 3 atom stereocenters. The maximum absolute atomic E-state index is 12.6. The number of aliphatic hydroxyl groups is 1. The molecule has 2 aromatic rings. The molecular weight excluding hydrogens is 370 g/mol. The summed E-state index contributed by atoms with van der Waals surface area (Å²) >= 11 is 0. The summed E-state index contributed by atoms with van der Waals surface area (Å²) in [6.45, 7) is 0.399. The third-order valence-corrected chi connectivity index (χ3v) is 5.52. The van der Waals surface area contributed by atoms with Crippen molar-refractivity contribution in [2.45, 2.75) is 24.6 Å². The van der Waals surface area contributed by atoms with E-state index in [-0.39, 0.29) is 17.9 Å². The van der Waals surface area contributed by atoms with Crippen molar-refractivity contribution in [3.63, 3.8) is 0 Å². The average Bonchev–Trinajstić information content (AvgIpc) is 3.27. The zero-order valence-corrected chi connectivity index (χ0v) is 15.5. The quantitative estimate of drug-likeness (QED) is 0.467. The van der Waals surface area contributed by atoms with Crippen molar-refractivity contribution < 1.29 is 14.7 Å². The van der Waals surface area contributed by atoms with Crippen LogP contribution in [-0.2, 0) is 4.79 Å². The number of rotatable bonds is 3. The Morgan fingerprint density at radius 3 is 2.76 bits per heavy atom. The van der Waals surface area contributed by atoms with Gasteiger partial charge in [0.2, 0.25) is 5.91 Å². The summed E-state index contributed by atoms with van der Waals surface area (Å²) in [7, 11) is 0. The minimum atomic E-state index is -0.520. The van der Waals surface area contributed by atoms with Gasteiger partial charge < -0.3 is 26.5 Å². The molecule has 0 radical (unpaired) electrons. The SMILES string of the molecule is O=C1NNC=C2c3c(cc(NC(=O)[C@@H]4C[C@@H](O)CN4)cc31)NC2c1ccccc1. The molecule has 148 valence electrons. The van der Waals surface area contributed by atoms with Crippen LogP contribution in [0.2, 0.25) is 0 Å². The topological polar surface area (TPSA) is 115 Å². The summed E-state index contributed by atoms with van der Waals surface area (Å²) in [6.07, 6.45) is 1.65. The molecule has 1 fully saturated rings. The van der Waals surface area contributed by atoms with Gasteiger partial charge in [-0.2, -0.15) is 0 Å². The van der Waals surface area contributed by atoms with Crippen LogP contribution in [0.5, 0.6) is 0 Å². The van der Waals surface area contributed by atoms with Crippen LogP contribution in [0.1, 0.15) is 33.9 Å². The predicted molar refractivity (Wildman–Crippen MR) is 109 cm³/mol. The molecule has 3 aliphatic heterocycles. The number of benzene rings is 2. The molecular formula is C21H21N5O3. The van der Waals surface area contributed by atoms with Gasteiger partial charge in [-0.15, -0.1) is 0 Å². The molecule has 8 heteroatoms.